The van der Waals surface area contributed by atoms with E-state index in [2.05, 4.69) is 29.4 Å². The van der Waals surface area contributed by atoms with E-state index in [1.165, 1.54) is 0 Å². The van der Waals surface area contributed by atoms with E-state index >= 15 is 0 Å². The first kappa shape index (κ1) is 12.1. The van der Waals surface area contributed by atoms with Gasteiger partial charge in [-0.25, -0.2) is 0 Å². The average Bonchev–Trinajstić information content (AvgIpc) is 2.62. The summed E-state index contributed by atoms with van der Waals surface area (Å²) >= 11 is 0. The van der Waals surface area contributed by atoms with Gasteiger partial charge in [-0.3, -0.25) is 0 Å². The van der Waals surface area contributed by atoms with Crippen LogP contribution in [0.15, 0.2) is 4.42 Å². The molecule has 0 radical (unpaired) electrons. The number of aromatic nitrogens is 2. The van der Waals surface area contributed by atoms with Crippen LogP contribution in [0.1, 0.15) is 32.6 Å². The monoisotopic (exact) mass is 213 g/mol. The second-order valence-electron chi connectivity index (χ2n) is 3.59. The maximum atomic E-state index is 5.38. The number of nitrogens with one attached hydrogen (secondary N) is 1. The Bertz CT molecular complexity index is 273. The summed E-state index contributed by atoms with van der Waals surface area (Å²) in [6.45, 7) is 8.06. The highest BCUT2D eigenvalue weighted by molar-refractivity contribution is 4.81. The van der Waals surface area contributed by atoms with Crippen LogP contribution in [0.25, 0.3) is 0 Å². The molecule has 0 saturated heterocycles. The molecule has 5 heteroatoms. The van der Waals surface area contributed by atoms with Gasteiger partial charge in [0.05, 0.1) is 0 Å². The van der Waals surface area contributed by atoms with Crippen molar-refractivity contribution in [2.24, 2.45) is 0 Å². The molecule has 1 aromatic heterocycles. The Balaban J connectivity index is 2.26. The van der Waals surface area contributed by atoms with E-state index in [1.807, 2.05) is 6.92 Å². The van der Waals surface area contributed by atoms with Crippen LogP contribution in [0.4, 0.5) is 0 Å². The van der Waals surface area contributed by atoms with Crippen molar-refractivity contribution in [2.45, 2.75) is 39.8 Å². The lowest BCUT2D eigenvalue weighted by Gasteiger charge is -2.04. The summed E-state index contributed by atoms with van der Waals surface area (Å²) in [5, 5.41) is 11.1. The van der Waals surface area contributed by atoms with Gasteiger partial charge in [-0.1, -0.05) is 13.8 Å². The molecule has 0 aromatic carbocycles. The zero-order chi connectivity index (χ0) is 11.1. The molecule has 0 bridgehead atoms. The Morgan fingerprint density at radius 2 is 2.07 bits per heavy atom. The van der Waals surface area contributed by atoms with Crippen molar-refractivity contribution in [2.75, 3.05) is 13.2 Å². The van der Waals surface area contributed by atoms with Crippen molar-refractivity contribution in [3.05, 3.63) is 11.8 Å². The quantitative estimate of drug-likeness (QED) is 0.736. The zero-order valence-corrected chi connectivity index (χ0v) is 9.62. The molecule has 15 heavy (non-hydrogen) atoms. The van der Waals surface area contributed by atoms with Gasteiger partial charge in [-0.15, -0.1) is 10.2 Å². The fraction of sp³-hybridized carbons (Fsp3) is 0.800. The number of hydrogen-bond acceptors (Lipinski definition) is 5. The number of nitrogens with zero attached hydrogens (tertiary/aromatic N) is 2. The molecule has 1 rings (SSSR count). The highest BCUT2D eigenvalue weighted by atomic mass is 16.5. The third-order valence-electron chi connectivity index (χ3n) is 1.83. The fourth-order valence-corrected chi connectivity index (χ4v) is 1.10. The minimum Gasteiger partial charge on any atom is -0.423 e. The highest BCUT2D eigenvalue weighted by Crippen LogP contribution is 2.01. The van der Waals surface area contributed by atoms with Crippen molar-refractivity contribution in [1.82, 2.24) is 15.5 Å². The van der Waals surface area contributed by atoms with Gasteiger partial charge >= 0.3 is 0 Å². The van der Waals surface area contributed by atoms with E-state index in [0.717, 1.165) is 13.0 Å². The van der Waals surface area contributed by atoms with Crippen LogP contribution in [0, 0.1) is 0 Å². The van der Waals surface area contributed by atoms with Crippen molar-refractivity contribution < 1.29 is 9.15 Å². The maximum Gasteiger partial charge on any atom is 0.242 e. The van der Waals surface area contributed by atoms with Gasteiger partial charge in [0.2, 0.25) is 11.8 Å². The largest absolute Gasteiger partial charge is 0.423 e. The summed E-state index contributed by atoms with van der Waals surface area (Å²) in [5.41, 5.74) is 0. The third-order valence-corrected chi connectivity index (χ3v) is 1.83. The number of rotatable bonds is 7. The topological polar surface area (TPSA) is 60.2 Å². The zero-order valence-electron chi connectivity index (χ0n) is 9.62. The summed E-state index contributed by atoms with van der Waals surface area (Å²) < 4.78 is 10.5. The van der Waals surface area contributed by atoms with Crippen LogP contribution < -0.4 is 5.32 Å². The van der Waals surface area contributed by atoms with Gasteiger partial charge in [0.25, 0.3) is 0 Å². The van der Waals surface area contributed by atoms with E-state index in [-0.39, 0.29) is 0 Å². The van der Waals surface area contributed by atoms with Gasteiger partial charge < -0.3 is 14.5 Å². The summed E-state index contributed by atoms with van der Waals surface area (Å²) in [4.78, 5) is 0. The summed E-state index contributed by atoms with van der Waals surface area (Å²) in [6.07, 6.45) is 0.761. The molecule has 0 aliphatic heterocycles. The van der Waals surface area contributed by atoms with E-state index < -0.39 is 0 Å². The Hall–Kier alpha value is -0.940. The molecule has 1 heterocycles. The lowest BCUT2D eigenvalue weighted by Crippen LogP contribution is -2.25. The van der Waals surface area contributed by atoms with Crippen molar-refractivity contribution in [3.8, 4) is 0 Å². The van der Waals surface area contributed by atoms with E-state index in [4.69, 9.17) is 9.15 Å². The van der Waals surface area contributed by atoms with Crippen LogP contribution >= 0.6 is 0 Å². The molecular formula is C10H19N3O2. The highest BCUT2D eigenvalue weighted by Gasteiger charge is 2.05. The first-order valence-electron chi connectivity index (χ1n) is 5.34. The minimum absolute atomic E-state index is 0.404. The van der Waals surface area contributed by atoms with Crippen molar-refractivity contribution in [3.63, 3.8) is 0 Å². The summed E-state index contributed by atoms with van der Waals surface area (Å²) in [5.74, 6) is 1.22. The molecular weight excluding hydrogens is 194 g/mol. The van der Waals surface area contributed by atoms with Gasteiger partial charge in [0.1, 0.15) is 6.61 Å². The first-order valence-corrected chi connectivity index (χ1v) is 5.34. The molecule has 1 aromatic rings. The fourth-order valence-electron chi connectivity index (χ4n) is 1.10. The molecule has 0 fully saturated rings. The Kier molecular flexibility index (Phi) is 5.28. The molecule has 0 unspecified atom stereocenters. The SMILES string of the molecule is CCOCc1nnc(CCNC(C)C)o1. The van der Waals surface area contributed by atoms with Gasteiger partial charge in [-0.2, -0.15) is 0 Å². The number of hydrogen-bond donors (Lipinski definition) is 1. The van der Waals surface area contributed by atoms with Crippen molar-refractivity contribution in [1.29, 1.82) is 0 Å². The normalized spacial score (nSPS) is 11.2. The summed E-state index contributed by atoms with van der Waals surface area (Å²) in [7, 11) is 0. The first-order chi connectivity index (χ1) is 7.22. The predicted octanol–water partition coefficient (Wildman–Crippen LogP) is 1.15. The number of ether oxygens (including phenoxy) is 1. The second-order valence-corrected chi connectivity index (χ2v) is 3.59. The lowest BCUT2D eigenvalue weighted by molar-refractivity contribution is 0.113. The smallest absolute Gasteiger partial charge is 0.242 e. The van der Waals surface area contributed by atoms with Crippen LogP contribution in [0.3, 0.4) is 0 Å². The van der Waals surface area contributed by atoms with Crippen LogP contribution in [-0.2, 0) is 17.8 Å². The molecule has 0 atom stereocenters. The van der Waals surface area contributed by atoms with Crippen LogP contribution in [0.2, 0.25) is 0 Å². The molecule has 0 aliphatic carbocycles. The molecule has 0 amide bonds. The Morgan fingerprint density at radius 1 is 1.33 bits per heavy atom. The van der Waals surface area contributed by atoms with Gasteiger partial charge in [0, 0.05) is 25.6 Å². The lowest BCUT2D eigenvalue weighted by atomic mass is 10.3. The van der Waals surface area contributed by atoms with E-state index in [1.54, 1.807) is 0 Å². The van der Waals surface area contributed by atoms with E-state index in [0.29, 0.717) is 31.0 Å². The predicted molar refractivity (Wildman–Crippen MR) is 56.5 cm³/mol. The average molecular weight is 213 g/mol. The molecule has 1 N–H and O–H groups in total. The molecule has 86 valence electrons. The van der Waals surface area contributed by atoms with Crippen LogP contribution in [0.5, 0.6) is 0 Å². The Morgan fingerprint density at radius 3 is 2.73 bits per heavy atom. The second kappa shape index (κ2) is 6.53. The van der Waals surface area contributed by atoms with Crippen molar-refractivity contribution >= 4 is 0 Å². The van der Waals surface area contributed by atoms with E-state index in [9.17, 15) is 0 Å². The molecule has 0 aliphatic rings. The van der Waals surface area contributed by atoms with Crippen LogP contribution in [-0.4, -0.2) is 29.4 Å². The Labute approximate surface area is 90.2 Å². The third kappa shape index (κ3) is 4.90. The summed E-state index contributed by atoms with van der Waals surface area (Å²) in [6, 6.07) is 0.482. The minimum atomic E-state index is 0.404. The molecule has 5 nitrogen and oxygen atoms in total. The van der Waals surface area contributed by atoms with Gasteiger partial charge in [-0.05, 0) is 6.92 Å². The van der Waals surface area contributed by atoms with Gasteiger partial charge in [0.15, 0.2) is 0 Å². The maximum absolute atomic E-state index is 5.38. The molecule has 0 saturated carbocycles. The standard InChI is InChI=1S/C10H19N3O2/c1-4-14-7-10-13-12-9(15-10)5-6-11-8(2)3/h8,11H,4-7H2,1-3H3. The molecule has 0 spiro atoms.